The van der Waals surface area contributed by atoms with E-state index in [1.165, 1.54) is 18.7 Å². The Labute approximate surface area is 96.2 Å². The van der Waals surface area contributed by atoms with Crippen LogP contribution >= 0.6 is 0 Å². The maximum atomic E-state index is 5.92. The average molecular weight is 218 g/mol. The summed E-state index contributed by atoms with van der Waals surface area (Å²) in [4.78, 5) is 2.50. The van der Waals surface area contributed by atoms with Crippen molar-refractivity contribution in [2.75, 3.05) is 20.2 Å². The number of likely N-dealkylation sites (tertiary alicyclic amines) is 1. The Balaban J connectivity index is 1.58. The van der Waals surface area contributed by atoms with E-state index in [1.54, 1.807) is 7.11 Å². The van der Waals surface area contributed by atoms with Gasteiger partial charge in [0.15, 0.2) is 0 Å². The lowest BCUT2D eigenvalue weighted by Crippen LogP contribution is -2.27. The van der Waals surface area contributed by atoms with Gasteiger partial charge < -0.3 is 10.5 Å². The summed E-state index contributed by atoms with van der Waals surface area (Å²) in [6, 6.07) is 8.83. The fourth-order valence-corrected chi connectivity index (χ4v) is 2.78. The van der Waals surface area contributed by atoms with Gasteiger partial charge in [0, 0.05) is 25.7 Å². The molecular formula is C13H18N2O. The predicted molar refractivity (Wildman–Crippen MR) is 63.2 cm³/mol. The molecule has 16 heavy (non-hydrogen) atoms. The molecular weight excluding hydrogens is 200 g/mol. The molecule has 1 aliphatic heterocycles. The van der Waals surface area contributed by atoms with Gasteiger partial charge in [-0.1, -0.05) is 12.1 Å². The second-order valence-corrected chi connectivity index (χ2v) is 4.95. The minimum Gasteiger partial charge on any atom is -0.497 e. The lowest BCUT2D eigenvalue weighted by molar-refractivity contribution is 0.290. The van der Waals surface area contributed by atoms with Gasteiger partial charge in [0.1, 0.15) is 5.75 Å². The number of benzene rings is 1. The Hall–Kier alpha value is -1.06. The van der Waals surface area contributed by atoms with Gasteiger partial charge >= 0.3 is 0 Å². The van der Waals surface area contributed by atoms with E-state index >= 15 is 0 Å². The monoisotopic (exact) mass is 218 g/mol. The molecule has 1 aromatic rings. The van der Waals surface area contributed by atoms with Crippen LogP contribution in [0.15, 0.2) is 24.3 Å². The molecule has 1 aromatic carbocycles. The van der Waals surface area contributed by atoms with Crippen LogP contribution in [-0.4, -0.2) is 31.1 Å². The van der Waals surface area contributed by atoms with Gasteiger partial charge in [-0.15, -0.1) is 0 Å². The Bertz CT molecular complexity index is 364. The van der Waals surface area contributed by atoms with Crippen LogP contribution in [0.4, 0.5) is 0 Å². The molecule has 1 saturated heterocycles. The molecule has 3 nitrogen and oxygen atoms in total. The van der Waals surface area contributed by atoms with Crippen LogP contribution in [0.3, 0.4) is 0 Å². The molecule has 2 unspecified atom stereocenters. The summed E-state index contributed by atoms with van der Waals surface area (Å²) in [6.07, 6.45) is 0. The van der Waals surface area contributed by atoms with E-state index in [0.29, 0.717) is 6.04 Å². The topological polar surface area (TPSA) is 38.5 Å². The van der Waals surface area contributed by atoms with Crippen LogP contribution in [-0.2, 0) is 6.54 Å². The molecule has 2 N–H and O–H groups in total. The van der Waals surface area contributed by atoms with E-state index in [0.717, 1.165) is 24.1 Å². The second kappa shape index (κ2) is 3.75. The smallest absolute Gasteiger partial charge is 0.118 e. The largest absolute Gasteiger partial charge is 0.497 e. The number of hydrogen-bond acceptors (Lipinski definition) is 3. The first-order chi connectivity index (χ1) is 7.78. The third-order valence-corrected chi connectivity index (χ3v) is 3.90. The molecule has 1 saturated carbocycles. The van der Waals surface area contributed by atoms with E-state index in [4.69, 9.17) is 10.5 Å². The highest BCUT2D eigenvalue weighted by Crippen LogP contribution is 2.44. The van der Waals surface area contributed by atoms with Crippen molar-refractivity contribution in [3.8, 4) is 5.75 Å². The van der Waals surface area contributed by atoms with E-state index < -0.39 is 0 Å². The Morgan fingerprint density at radius 3 is 2.44 bits per heavy atom. The van der Waals surface area contributed by atoms with E-state index in [-0.39, 0.29) is 0 Å². The molecule has 3 heteroatoms. The fourth-order valence-electron chi connectivity index (χ4n) is 2.78. The van der Waals surface area contributed by atoms with Gasteiger partial charge in [0.2, 0.25) is 0 Å². The summed E-state index contributed by atoms with van der Waals surface area (Å²) in [5.41, 5.74) is 7.28. The summed E-state index contributed by atoms with van der Waals surface area (Å²) >= 11 is 0. The van der Waals surface area contributed by atoms with Crippen LogP contribution in [0.5, 0.6) is 5.75 Å². The lowest BCUT2D eigenvalue weighted by Gasteiger charge is -2.18. The Morgan fingerprint density at radius 2 is 1.88 bits per heavy atom. The van der Waals surface area contributed by atoms with Gasteiger partial charge in [-0.05, 0) is 29.5 Å². The molecule has 0 bridgehead atoms. The molecule has 0 amide bonds. The molecule has 3 rings (SSSR count). The number of piperidine rings is 1. The first-order valence-corrected chi connectivity index (χ1v) is 5.89. The van der Waals surface area contributed by atoms with Crippen molar-refractivity contribution < 1.29 is 4.74 Å². The third-order valence-electron chi connectivity index (χ3n) is 3.90. The van der Waals surface area contributed by atoms with Crippen molar-refractivity contribution in [3.63, 3.8) is 0 Å². The quantitative estimate of drug-likeness (QED) is 0.825. The molecule has 2 fully saturated rings. The summed E-state index contributed by atoms with van der Waals surface area (Å²) in [5.74, 6) is 2.48. The molecule has 1 heterocycles. The van der Waals surface area contributed by atoms with Crippen molar-refractivity contribution in [1.29, 1.82) is 0 Å². The third kappa shape index (κ3) is 1.70. The molecule has 1 aliphatic carbocycles. The minimum atomic E-state index is 0.493. The molecule has 2 aliphatic rings. The maximum Gasteiger partial charge on any atom is 0.118 e. The summed E-state index contributed by atoms with van der Waals surface area (Å²) in [7, 11) is 1.70. The standard InChI is InChI=1S/C13H18N2O/c1-16-10-4-2-9(3-5-10)6-15-7-11-12(8-15)13(11)14/h2-5,11-13H,6-8,14H2,1H3. The van der Waals surface area contributed by atoms with Gasteiger partial charge in [-0.25, -0.2) is 0 Å². The number of methoxy groups -OCH3 is 1. The SMILES string of the molecule is COc1ccc(CN2CC3C(N)C3C2)cc1. The van der Waals surface area contributed by atoms with Crippen molar-refractivity contribution >= 4 is 0 Å². The van der Waals surface area contributed by atoms with E-state index in [2.05, 4.69) is 17.0 Å². The summed E-state index contributed by atoms with van der Waals surface area (Å²) in [5, 5.41) is 0. The second-order valence-electron chi connectivity index (χ2n) is 4.95. The number of rotatable bonds is 3. The van der Waals surface area contributed by atoms with Gasteiger partial charge in [-0.3, -0.25) is 4.90 Å². The van der Waals surface area contributed by atoms with Gasteiger partial charge in [0.25, 0.3) is 0 Å². The van der Waals surface area contributed by atoms with Crippen LogP contribution in [0, 0.1) is 11.8 Å². The highest BCUT2D eigenvalue weighted by molar-refractivity contribution is 5.27. The molecule has 0 radical (unpaired) electrons. The van der Waals surface area contributed by atoms with Crippen LogP contribution in [0.2, 0.25) is 0 Å². The number of nitrogens with zero attached hydrogens (tertiary/aromatic N) is 1. The fraction of sp³-hybridized carbons (Fsp3) is 0.538. The predicted octanol–water partition coefficient (Wildman–Crippen LogP) is 1.08. The number of nitrogens with two attached hydrogens (primary N) is 1. The molecule has 86 valence electrons. The number of ether oxygens (including phenoxy) is 1. The normalized spacial score (nSPS) is 32.5. The van der Waals surface area contributed by atoms with Gasteiger partial charge in [-0.2, -0.15) is 0 Å². The zero-order valence-electron chi connectivity index (χ0n) is 9.60. The average Bonchev–Trinajstić information content (AvgIpc) is 2.77. The minimum absolute atomic E-state index is 0.493. The molecule has 2 atom stereocenters. The van der Waals surface area contributed by atoms with Crippen molar-refractivity contribution in [3.05, 3.63) is 29.8 Å². The first kappa shape index (κ1) is 10.1. The Kier molecular flexibility index (Phi) is 2.37. The van der Waals surface area contributed by atoms with Gasteiger partial charge in [0.05, 0.1) is 7.11 Å². The van der Waals surface area contributed by atoms with Crippen LogP contribution in [0.25, 0.3) is 0 Å². The summed E-state index contributed by atoms with van der Waals surface area (Å²) in [6.45, 7) is 3.40. The first-order valence-electron chi connectivity index (χ1n) is 5.89. The summed E-state index contributed by atoms with van der Waals surface area (Å²) < 4.78 is 5.15. The number of hydrogen-bond donors (Lipinski definition) is 1. The molecule has 0 spiro atoms. The van der Waals surface area contributed by atoms with E-state index in [9.17, 15) is 0 Å². The lowest BCUT2D eigenvalue weighted by atomic mass is 10.2. The van der Waals surface area contributed by atoms with Crippen LogP contribution in [0.1, 0.15) is 5.56 Å². The zero-order valence-corrected chi connectivity index (χ0v) is 9.60. The van der Waals surface area contributed by atoms with Crippen molar-refractivity contribution in [2.24, 2.45) is 17.6 Å². The maximum absolute atomic E-state index is 5.92. The Morgan fingerprint density at radius 1 is 1.25 bits per heavy atom. The highest BCUT2D eigenvalue weighted by Gasteiger charge is 2.53. The van der Waals surface area contributed by atoms with Crippen LogP contribution < -0.4 is 10.5 Å². The zero-order chi connectivity index (χ0) is 11.1. The van der Waals surface area contributed by atoms with E-state index in [1.807, 2.05) is 12.1 Å². The van der Waals surface area contributed by atoms with Crippen molar-refractivity contribution in [1.82, 2.24) is 4.90 Å². The van der Waals surface area contributed by atoms with Crippen molar-refractivity contribution in [2.45, 2.75) is 12.6 Å². The molecule has 0 aromatic heterocycles. The number of fused-ring (bicyclic) bond motifs is 1. The highest BCUT2D eigenvalue weighted by atomic mass is 16.5.